The molecule has 1 aromatic heterocycles. The molecule has 0 bridgehead atoms. The fraction of sp³-hybridized carbons (Fsp3) is 0.438. The van der Waals surface area contributed by atoms with Crippen LogP contribution in [0.3, 0.4) is 0 Å². The number of hydrogen-bond donors (Lipinski definition) is 0. The van der Waals surface area contributed by atoms with Gasteiger partial charge in [-0.1, -0.05) is 40.8 Å². The summed E-state index contributed by atoms with van der Waals surface area (Å²) in [7, 11) is 3.86. The molecule has 0 unspecified atom stereocenters. The molecule has 1 fully saturated rings. The van der Waals surface area contributed by atoms with Gasteiger partial charge in [0.15, 0.2) is 4.34 Å². The molecular formula is C16H20ClN5OS2. The highest BCUT2D eigenvalue weighted by molar-refractivity contribution is 8.01. The van der Waals surface area contributed by atoms with Crippen LogP contribution in [0.15, 0.2) is 28.6 Å². The van der Waals surface area contributed by atoms with Gasteiger partial charge in [-0.2, -0.15) is 0 Å². The van der Waals surface area contributed by atoms with Gasteiger partial charge < -0.3 is 14.7 Å². The molecule has 0 radical (unpaired) electrons. The first kappa shape index (κ1) is 18.3. The number of nitrogens with zero attached hydrogens (tertiary/aromatic N) is 5. The van der Waals surface area contributed by atoms with Crippen molar-refractivity contribution in [1.82, 2.24) is 15.1 Å². The molecule has 2 aromatic rings. The number of halogens is 1. The van der Waals surface area contributed by atoms with E-state index < -0.39 is 0 Å². The summed E-state index contributed by atoms with van der Waals surface area (Å²) >= 11 is 9.02. The zero-order valence-electron chi connectivity index (χ0n) is 14.2. The fourth-order valence-electron chi connectivity index (χ4n) is 2.54. The molecule has 0 atom stereocenters. The first-order chi connectivity index (χ1) is 12.0. The topological polar surface area (TPSA) is 52.6 Å². The number of benzene rings is 1. The molecule has 3 rings (SSSR count). The van der Waals surface area contributed by atoms with E-state index in [0.29, 0.717) is 5.75 Å². The second-order valence-corrected chi connectivity index (χ2v) is 8.50. The van der Waals surface area contributed by atoms with Gasteiger partial charge in [-0.15, -0.1) is 10.2 Å². The van der Waals surface area contributed by atoms with Crippen molar-refractivity contribution in [2.75, 3.05) is 55.8 Å². The van der Waals surface area contributed by atoms with Crippen molar-refractivity contribution in [1.29, 1.82) is 0 Å². The van der Waals surface area contributed by atoms with E-state index in [1.54, 1.807) is 0 Å². The van der Waals surface area contributed by atoms with Gasteiger partial charge >= 0.3 is 0 Å². The molecule has 1 amide bonds. The van der Waals surface area contributed by atoms with Crippen molar-refractivity contribution < 1.29 is 4.79 Å². The van der Waals surface area contributed by atoms with Gasteiger partial charge in [-0.3, -0.25) is 4.79 Å². The number of aromatic nitrogens is 2. The van der Waals surface area contributed by atoms with Crippen LogP contribution in [0.1, 0.15) is 0 Å². The van der Waals surface area contributed by atoms with E-state index in [1.807, 2.05) is 42.1 Å². The molecule has 1 saturated heterocycles. The van der Waals surface area contributed by atoms with Crippen LogP contribution in [0.25, 0.3) is 0 Å². The molecule has 1 aliphatic rings. The van der Waals surface area contributed by atoms with E-state index in [1.165, 1.54) is 23.1 Å². The van der Waals surface area contributed by atoms with Crippen LogP contribution in [0.4, 0.5) is 10.8 Å². The number of rotatable bonds is 5. The highest BCUT2D eigenvalue weighted by atomic mass is 35.5. The Morgan fingerprint density at radius 1 is 1.28 bits per heavy atom. The molecule has 9 heteroatoms. The van der Waals surface area contributed by atoms with Crippen molar-refractivity contribution in [3.8, 4) is 0 Å². The number of carbonyl (C=O) groups is 1. The van der Waals surface area contributed by atoms with Crippen molar-refractivity contribution in [3.63, 3.8) is 0 Å². The smallest absolute Gasteiger partial charge is 0.233 e. The lowest BCUT2D eigenvalue weighted by atomic mass is 10.2. The predicted octanol–water partition coefficient (Wildman–Crippen LogP) is 2.70. The number of anilines is 2. The summed E-state index contributed by atoms with van der Waals surface area (Å²) < 4.78 is 0.828. The number of carbonyl (C=O) groups excluding carboxylic acids is 1. The second-order valence-electron chi connectivity index (χ2n) is 5.88. The molecular weight excluding hydrogens is 378 g/mol. The average molecular weight is 398 g/mol. The Morgan fingerprint density at radius 3 is 2.68 bits per heavy atom. The summed E-state index contributed by atoms with van der Waals surface area (Å²) in [6.45, 7) is 3.09. The molecule has 0 N–H and O–H groups in total. The van der Waals surface area contributed by atoms with Gasteiger partial charge in [0.25, 0.3) is 0 Å². The van der Waals surface area contributed by atoms with Gasteiger partial charge in [0.05, 0.1) is 5.75 Å². The Kier molecular flexibility index (Phi) is 6.03. The Morgan fingerprint density at radius 2 is 2.04 bits per heavy atom. The number of thioether (sulfide) groups is 1. The van der Waals surface area contributed by atoms with Crippen LogP contribution >= 0.6 is 34.7 Å². The van der Waals surface area contributed by atoms with Gasteiger partial charge in [0.2, 0.25) is 11.0 Å². The summed E-state index contributed by atoms with van der Waals surface area (Å²) in [4.78, 5) is 18.5. The molecule has 134 valence electrons. The summed E-state index contributed by atoms with van der Waals surface area (Å²) in [5.74, 6) is 0.552. The Labute approximate surface area is 160 Å². The SMILES string of the molecule is CN(C)c1nnc(SCC(=O)N2CCN(c3cccc(Cl)c3)CC2)s1. The van der Waals surface area contributed by atoms with E-state index in [-0.39, 0.29) is 5.91 Å². The Bertz CT molecular complexity index is 731. The zero-order valence-corrected chi connectivity index (χ0v) is 16.6. The lowest BCUT2D eigenvalue weighted by molar-refractivity contribution is -0.128. The van der Waals surface area contributed by atoms with Crippen molar-refractivity contribution in [3.05, 3.63) is 29.3 Å². The first-order valence-electron chi connectivity index (χ1n) is 7.95. The quantitative estimate of drug-likeness (QED) is 0.723. The van der Waals surface area contributed by atoms with Crippen LogP contribution < -0.4 is 9.80 Å². The largest absolute Gasteiger partial charge is 0.368 e. The maximum Gasteiger partial charge on any atom is 0.233 e. The minimum absolute atomic E-state index is 0.150. The van der Waals surface area contributed by atoms with E-state index in [9.17, 15) is 4.79 Å². The van der Waals surface area contributed by atoms with E-state index in [4.69, 9.17) is 11.6 Å². The normalized spacial score (nSPS) is 14.7. The van der Waals surface area contributed by atoms with Gasteiger partial charge in [0.1, 0.15) is 0 Å². The molecule has 6 nitrogen and oxygen atoms in total. The summed E-state index contributed by atoms with van der Waals surface area (Å²) in [6.07, 6.45) is 0. The Balaban J connectivity index is 1.48. The molecule has 0 saturated carbocycles. The highest BCUT2D eigenvalue weighted by Gasteiger charge is 2.22. The summed E-state index contributed by atoms with van der Waals surface area (Å²) in [6, 6.07) is 7.84. The van der Waals surface area contributed by atoms with Crippen LogP contribution in [-0.4, -0.2) is 67.0 Å². The Hall–Kier alpha value is -1.51. The van der Waals surface area contributed by atoms with Crippen LogP contribution in [-0.2, 0) is 4.79 Å². The molecule has 1 aliphatic heterocycles. The van der Waals surface area contributed by atoms with E-state index >= 15 is 0 Å². The number of amides is 1. The highest BCUT2D eigenvalue weighted by Crippen LogP contribution is 2.27. The third-order valence-corrected chi connectivity index (χ3v) is 6.35. The van der Waals surface area contributed by atoms with E-state index in [2.05, 4.69) is 21.2 Å². The van der Waals surface area contributed by atoms with Crippen LogP contribution in [0.2, 0.25) is 5.02 Å². The van der Waals surface area contributed by atoms with Crippen molar-refractivity contribution in [2.45, 2.75) is 4.34 Å². The van der Waals surface area contributed by atoms with Crippen LogP contribution in [0, 0.1) is 0 Å². The number of piperazine rings is 1. The summed E-state index contributed by atoms with van der Waals surface area (Å²) in [5, 5.41) is 9.79. The zero-order chi connectivity index (χ0) is 17.8. The maximum absolute atomic E-state index is 12.4. The lowest BCUT2D eigenvalue weighted by Crippen LogP contribution is -2.49. The maximum atomic E-state index is 12.4. The first-order valence-corrected chi connectivity index (χ1v) is 10.1. The molecule has 1 aromatic carbocycles. The molecule has 2 heterocycles. The molecule has 0 aliphatic carbocycles. The lowest BCUT2D eigenvalue weighted by Gasteiger charge is -2.36. The third-order valence-electron chi connectivity index (χ3n) is 3.90. The monoisotopic (exact) mass is 397 g/mol. The predicted molar refractivity (Wildman–Crippen MR) is 105 cm³/mol. The van der Waals surface area contributed by atoms with Gasteiger partial charge in [0, 0.05) is 51.0 Å². The van der Waals surface area contributed by atoms with Crippen molar-refractivity contribution in [2.24, 2.45) is 0 Å². The third kappa shape index (κ3) is 4.77. The van der Waals surface area contributed by atoms with Crippen molar-refractivity contribution >= 4 is 51.4 Å². The fourth-order valence-corrected chi connectivity index (χ4v) is 4.39. The average Bonchev–Trinajstić information content (AvgIpc) is 3.09. The standard InChI is InChI=1S/C16H20ClN5OS2/c1-20(2)15-18-19-16(25-15)24-11-14(23)22-8-6-21(7-9-22)13-5-3-4-12(17)10-13/h3-5,10H,6-9,11H2,1-2H3. The van der Waals surface area contributed by atoms with Gasteiger partial charge in [-0.05, 0) is 18.2 Å². The minimum Gasteiger partial charge on any atom is -0.368 e. The van der Waals surface area contributed by atoms with E-state index in [0.717, 1.165) is 46.4 Å². The molecule has 0 spiro atoms. The number of hydrogen-bond acceptors (Lipinski definition) is 7. The minimum atomic E-state index is 0.150. The summed E-state index contributed by atoms with van der Waals surface area (Å²) in [5.41, 5.74) is 1.11. The van der Waals surface area contributed by atoms with Gasteiger partial charge in [-0.25, -0.2) is 0 Å². The second kappa shape index (κ2) is 8.25. The molecule has 25 heavy (non-hydrogen) atoms. The van der Waals surface area contributed by atoms with Crippen LogP contribution in [0.5, 0.6) is 0 Å².